The first kappa shape index (κ1) is 15.6. The first-order chi connectivity index (χ1) is 8.93. The van der Waals surface area contributed by atoms with Crippen LogP contribution < -0.4 is 5.32 Å². The summed E-state index contributed by atoms with van der Waals surface area (Å²) in [5, 5.41) is 14.3. The van der Waals surface area contributed by atoms with E-state index >= 15 is 0 Å². The highest BCUT2D eigenvalue weighted by Gasteiger charge is 2.12. The number of hydrogen-bond acceptors (Lipinski definition) is 3. The molecule has 1 aromatic rings. The molecule has 2 unspecified atom stereocenters. The Morgan fingerprint density at radius 1 is 1.37 bits per heavy atom. The van der Waals surface area contributed by atoms with Crippen molar-refractivity contribution in [2.24, 2.45) is 5.92 Å². The molecule has 2 atom stereocenters. The highest BCUT2D eigenvalue weighted by atomic mass is 16.6. The van der Waals surface area contributed by atoms with Crippen LogP contribution in [0, 0.1) is 23.0 Å². The number of nitro benzene ring substituents is 1. The largest absolute Gasteiger partial charge is 0.310 e. The van der Waals surface area contributed by atoms with E-state index in [1.165, 1.54) is 6.42 Å². The topological polar surface area (TPSA) is 55.2 Å². The standard InChI is InChI=1S/C15H24N2O2/c1-5-11(2)8-13(4)16-10-14-7-6-12(3)15(9-14)17(18)19/h6-7,9,11,13,16H,5,8,10H2,1-4H3. The summed E-state index contributed by atoms with van der Waals surface area (Å²) in [5.74, 6) is 0.704. The maximum absolute atomic E-state index is 10.9. The SMILES string of the molecule is CCC(C)CC(C)NCc1ccc(C)c([N+](=O)[O-])c1. The Kier molecular flexibility index (Phi) is 5.96. The van der Waals surface area contributed by atoms with Crippen LogP contribution in [0.15, 0.2) is 18.2 Å². The van der Waals surface area contributed by atoms with Crippen molar-refractivity contribution in [3.05, 3.63) is 39.4 Å². The molecule has 0 fully saturated rings. The summed E-state index contributed by atoms with van der Waals surface area (Å²) in [6.07, 6.45) is 2.31. The van der Waals surface area contributed by atoms with E-state index in [9.17, 15) is 10.1 Å². The molecule has 0 radical (unpaired) electrons. The Morgan fingerprint density at radius 3 is 2.63 bits per heavy atom. The average Bonchev–Trinajstić information content (AvgIpc) is 2.37. The predicted molar refractivity (Wildman–Crippen MR) is 78.2 cm³/mol. The predicted octanol–water partition coefficient (Wildman–Crippen LogP) is 3.82. The fourth-order valence-corrected chi connectivity index (χ4v) is 2.11. The van der Waals surface area contributed by atoms with E-state index in [0.717, 1.165) is 12.0 Å². The van der Waals surface area contributed by atoms with Crippen LogP contribution in [0.2, 0.25) is 0 Å². The maximum Gasteiger partial charge on any atom is 0.272 e. The number of nitrogens with zero attached hydrogens (tertiary/aromatic N) is 1. The summed E-state index contributed by atoms with van der Waals surface area (Å²) in [6, 6.07) is 5.85. The molecular weight excluding hydrogens is 240 g/mol. The lowest BCUT2D eigenvalue weighted by atomic mass is 10.00. The summed E-state index contributed by atoms with van der Waals surface area (Å²) in [4.78, 5) is 10.6. The molecule has 4 heteroatoms. The zero-order valence-corrected chi connectivity index (χ0v) is 12.3. The Morgan fingerprint density at radius 2 is 2.05 bits per heavy atom. The lowest BCUT2D eigenvalue weighted by Crippen LogP contribution is -2.27. The third-order valence-electron chi connectivity index (χ3n) is 3.58. The highest BCUT2D eigenvalue weighted by molar-refractivity contribution is 5.42. The lowest BCUT2D eigenvalue weighted by Gasteiger charge is -2.17. The fraction of sp³-hybridized carbons (Fsp3) is 0.600. The minimum Gasteiger partial charge on any atom is -0.310 e. The lowest BCUT2D eigenvalue weighted by molar-refractivity contribution is -0.385. The first-order valence-electron chi connectivity index (χ1n) is 6.91. The van der Waals surface area contributed by atoms with Crippen LogP contribution in [0.3, 0.4) is 0 Å². The monoisotopic (exact) mass is 264 g/mol. The van der Waals surface area contributed by atoms with Crippen molar-refractivity contribution in [3.63, 3.8) is 0 Å². The van der Waals surface area contributed by atoms with Crippen molar-refractivity contribution in [1.29, 1.82) is 0 Å². The van der Waals surface area contributed by atoms with Crippen molar-refractivity contribution in [2.45, 2.75) is 53.1 Å². The molecule has 0 aliphatic carbocycles. The smallest absolute Gasteiger partial charge is 0.272 e. The Bertz CT molecular complexity index is 432. The minimum atomic E-state index is -0.318. The van der Waals surface area contributed by atoms with Gasteiger partial charge in [0.15, 0.2) is 0 Å². The first-order valence-corrected chi connectivity index (χ1v) is 6.91. The third-order valence-corrected chi connectivity index (χ3v) is 3.58. The van der Waals surface area contributed by atoms with Crippen LogP contribution in [0.4, 0.5) is 5.69 Å². The molecule has 19 heavy (non-hydrogen) atoms. The van der Waals surface area contributed by atoms with Gasteiger partial charge in [0.1, 0.15) is 0 Å². The Labute approximate surface area is 115 Å². The third kappa shape index (κ3) is 4.99. The summed E-state index contributed by atoms with van der Waals surface area (Å²) < 4.78 is 0. The molecular formula is C15H24N2O2. The molecule has 0 bridgehead atoms. The number of nitro groups is 1. The molecule has 106 valence electrons. The average molecular weight is 264 g/mol. The summed E-state index contributed by atoms with van der Waals surface area (Å²) in [6.45, 7) is 9.05. The van der Waals surface area contributed by atoms with Gasteiger partial charge in [-0.2, -0.15) is 0 Å². The number of nitrogens with one attached hydrogen (secondary N) is 1. The molecule has 0 amide bonds. The second-order valence-electron chi connectivity index (χ2n) is 5.41. The van der Waals surface area contributed by atoms with Crippen LogP contribution >= 0.6 is 0 Å². The molecule has 0 aliphatic heterocycles. The number of aryl methyl sites for hydroxylation is 1. The van der Waals surface area contributed by atoms with E-state index in [4.69, 9.17) is 0 Å². The normalized spacial score (nSPS) is 14.1. The number of rotatable bonds is 7. The van der Waals surface area contributed by atoms with Gasteiger partial charge in [0, 0.05) is 24.2 Å². The maximum atomic E-state index is 10.9. The zero-order chi connectivity index (χ0) is 14.4. The van der Waals surface area contributed by atoms with Gasteiger partial charge in [0.25, 0.3) is 5.69 Å². The molecule has 0 aromatic heterocycles. The summed E-state index contributed by atoms with van der Waals surface area (Å²) in [5.41, 5.74) is 1.88. The van der Waals surface area contributed by atoms with Gasteiger partial charge in [-0.15, -0.1) is 0 Å². The van der Waals surface area contributed by atoms with E-state index in [2.05, 4.69) is 26.1 Å². The quantitative estimate of drug-likeness (QED) is 0.601. The number of benzene rings is 1. The summed E-state index contributed by atoms with van der Waals surface area (Å²) in [7, 11) is 0. The molecule has 1 rings (SSSR count). The van der Waals surface area contributed by atoms with Gasteiger partial charge < -0.3 is 5.32 Å². The molecule has 0 saturated carbocycles. The van der Waals surface area contributed by atoms with Crippen molar-refractivity contribution in [1.82, 2.24) is 5.32 Å². The molecule has 4 nitrogen and oxygen atoms in total. The van der Waals surface area contributed by atoms with Crippen LogP contribution in [-0.4, -0.2) is 11.0 Å². The molecule has 0 saturated heterocycles. The molecule has 0 aliphatic rings. The molecule has 0 spiro atoms. The number of hydrogen-bond donors (Lipinski definition) is 1. The van der Waals surface area contributed by atoms with E-state index in [0.29, 0.717) is 24.1 Å². The van der Waals surface area contributed by atoms with Crippen molar-refractivity contribution in [2.75, 3.05) is 0 Å². The molecule has 1 aromatic carbocycles. The van der Waals surface area contributed by atoms with Gasteiger partial charge >= 0.3 is 0 Å². The second kappa shape index (κ2) is 7.24. The van der Waals surface area contributed by atoms with E-state index in [1.807, 2.05) is 12.1 Å². The van der Waals surface area contributed by atoms with Gasteiger partial charge in [-0.3, -0.25) is 10.1 Å². The summed E-state index contributed by atoms with van der Waals surface area (Å²) >= 11 is 0. The van der Waals surface area contributed by atoms with Gasteiger partial charge in [-0.25, -0.2) is 0 Å². The van der Waals surface area contributed by atoms with E-state index in [-0.39, 0.29) is 10.6 Å². The van der Waals surface area contributed by atoms with E-state index < -0.39 is 0 Å². The van der Waals surface area contributed by atoms with Crippen molar-refractivity contribution in [3.8, 4) is 0 Å². The molecule has 0 heterocycles. The molecule has 1 N–H and O–H groups in total. The van der Waals surface area contributed by atoms with Gasteiger partial charge in [0.2, 0.25) is 0 Å². The zero-order valence-electron chi connectivity index (χ0n) is 12.3. The second-order valence-corrected chi connectivity index (χ2v) is 5.41. The fourth-order valence-electron chi connectivity index (χ4n) is 2.11. The van der Waals surface area contributed by atoms with E-state index in [1.54, 1.807) is 13.0 Å². The highest BCUT2D eigenvalue weighted by Crippen LogP contribution is 2.19. The Hall–Kier alpha value is -1.42. The minimum absolute atomic E-state index is 0.203. The van der Waals surface area contributed by atoms with Crippen molar-refractivity contribution < 1.29 is 4.92 Å². The van der Waals surface area contributed by atoms with Crippen LogP contribution in [0.25, 0.3) is 0 Å². The van der Waals surface area contributed by atoms with Gasteiger partial charge in [0.05, 0.1) is 4.92 Å². The van der Waals surface area contributed by atoms with Gasteiger partial charge in [-0.1, -0.05) is 32.4 Å². The van der Waals surface area contributed by atoms with Gasteiger partial charge in [-0.05, 0) is 31.7 Å². The van der Waals surface area contributed by atoms with Crippen LogP contribution in [0.1, 0.15) is 44.7 Å². The Balaban J connectivity index is 2.58. The van der Waals surface area contributed by atoms with Crippen molar-refractivity contribution >= 4 is 5.69 Å². The van der Waals surface area contributed by atoms with Crippen LogP contribution in [0.5, 0.6) is 0 Å². The van der Waals surface area contributed by atoms with Crippen LogP contribution in [-0.2, 0) is 6.54 Å².